The molecule has 1 saturated heterocycles. The summed E-state index contributed by atoms with van der Waals surface area (Å²) in [4.78, 5) is 16.5. The van der Waals surface area contributed by atoms with Crippen LogP contribution in [0.25, 0.3) is 28.1 Å². The molecule has 132 valence electrons. The van der Waals surface area contributed by atoms with Gasteiger partial charge >= 0.3 is 0 Å². The summed E-state index contributed by atoms with van der Waals surface area (Å²) in [5.74, 6) is 1.52. The number of aromatic nitrogens is 5. The van der Waals surface area contributed by atoms with Gasteiger partial charge in [0.25, 0.3) is 0 Å². The van der Waals surface area contributed by atoms with E-state index in [4.69, 9.17) is 15.1 Å². The summed E-state index contributed by atoms with van der Waals surface area (Å²) in [6.07, 6.45) is 3.65. The van der Waals surface area contributed by atoms with Crippen molar-refractivity contribution < 1.29 is 0 Å². The molecule has 0 saturated carbocycles. The Kier molecular flexibility index (Phi) is 4.32. The molecule has 1 aliphatic heterocycles. The second-order valence-corrected chi connectivity index (χ2v) is 9.08. The number of rotatable bonds is 2. The first-order chi connectivity index (χ1) is 12.7. The van der Waals surface area contributed by atoms with Crippen LogP contribution in [0, 0.1) is 3.57 Å². The number of halogens is 2. The first kappa shape index (κ1) is 16.8. The van der Waals surface area contributed by atoms with E-state index in [1.807, 2.05) is 15.4 Å². The van der Waals surface area contributed by atoms with Crippen molar-refractivity contribution in [2.24, 2.45) is 0 Å². The molecule has 0 radical (unpaired) electrons. The summed E-state index contributed by atoms with van der Waals surface area (Å²) in [6, 6.07) is 4.16. The molecule has 26 heavy (non-hydrogen) atoms. The van der Waals surface area contributed by atoms with Crippen LogP contribution in [-0.4, -0.2) is 37.7 Å². The molecule has 5 rings (SSSR count). The van der Waals surface area contributed by atoms with Crippen LogP contribution < -0.4 is 4.90 Å². The maximum absolute atomic E-state index is 5.00. The number of nitrogens with zero attached hydrogens (tertiary/aromatic N) is 6. The first-order valence-electron chi connectivity index (χ1n) is 8.40. The standard InChI is InChI=1S/C17H14BrIN6S/c18-10-6-11-14(12(19)7-10)21-17(24-4-2-1-3-5-24)25-16(11)22-15(23-25)13-8-26-9-20-13/h6-9H,1-5H2. The fraction of sp³-hybridized carbons (Fsp3) is 0.294. The van der Waals surface area contributed by atoms with Gasteiger partial charge in [0.2, 0.25) is 11.8 Å². The van der Waals surface area contributed by atoms with Gasteiger partial charge in [-0.1, -0.05) is 15.9 Å². The van der Waals surface area contributed by atoms with Gasteiger partial charge in [-0.2, -0.15) is 4.52 Å². The molecule has 0 bridgehead atoms. The van der Waals surface area contributed by atoms with Crippen LogP contribution in [0.5, 0.6) is 0 Å². The minimum Gasteiger partial charge on any atom is -0.341 e. The van der Waals surface area contributed by atoms with Gasteiger partial charge in [0, 0.05) is 31.9 Å². The zero-order valence-corrected chi connectivity index (χ0v) is 18.3. The van der Waals surface area contributed by atoms with Crippen molar-refractivity contribution in [1.29, 1.82) is 0 Å². The second-order valence-electron chi connectivity index (χ2n) is 6.29. The zero-order valence-electron chi connectivity index (χ0n) is 13.7. The monoisotopic (exact) mass is 540 g/mol. The van der Waals surface area contributed by atoms with Crippen LogP contribution in [-0.2, 0) is 0 Å². The summed E-state index contributed by atoms with van der Waals surface area (Å²) in [6.45, 7) is 2.01. The Morgan fingerprint density at radius 2 is 1.96 bits per heavy atom. The van der Waals surface area contributed by atoms with Crippen molar-refractivity contribution in [3.63, 3.8) is 0 Å². The van der Waals surface area contributed by atoms with E-state index < -0.39 is 0 Å². The fourth-order valence-corrected chi connectivity index (χ4v) is 5.52. The molecule has 3 aromatic heterocycles. The summed E-state index contributed by atoms with van der Waals surface area (Å²) >= 11 is 7.49. The van der Waals surface area contributed by atoms with Crippen LogP contribution in [0.3, 0.4) is 0 Å². The Morgan fingerprint density at radius 1 is 1.12 bits per heavy atom. The number of thiazole rings is 1. The van der Waals surface area contributed by atoms with Gasteiger partial charge in [0.05, 0.1) is 11.0 Å². The van der Waals surface area contributed by atoms with E-state index >= 15 is 0 Å². The predicted molar refractivity (Wildman–Crippen MR) is 116 cm³/mol. The molecule has 0 unspecified atom stereocenters. The molecule has 9 heteroatoms. The summed E-state index contributed by atoms with van der Waals surface area (Å²) < 4.78 is 4.01. The van der Waals surface area contributed by atoms with Crippen LogP contribution in [0.2, 0.25) is 0 Å². The number of piperidine rings is 1. The molecule has 0 aliphatic carbocycles. The third-order valence-electron chi connectivity index (χ3n) is 4.58. The fourth-order valence-electron chi connectivity index (χ4n) is 3.35. The molecule has 1 aromatic carbocycles. The van der Waals surface area contributed by atoms with Gasteiger partial charge in [-0.15, -0.1) is 16.4 Å². The lowest BCUT2D eigenvalue weighted by Crippen LogP contribution is -2.32. The Balaban J connectivity index is 1.83. The van der Waals surface area contributed by atoms with Crippen molar-refractivity contribution in [3.8, 4) is 11.5 Å². The number of hydrogen-bond donors (Lipinski definition) is 0. The third-order valence-corrected chi connectivity index (χ3v) is 6.44. The molecule has 1 fully saturated rings. The molecular formula is C17H14BrIN6S. The first-order valence-corrected chi connectivity index (χ1v) is 11.2. The summed E-state index contributed by atoms with van der Waals surface area (Å²) in [7, 11) is 0. The number of benzene rings is 1. The van der Waals surface area contributed by atoms with Gasteiger partial charge in [-0.05, 0) is 54.0 Å². The Hall–Kier alpha value is -1.33. The average molecular weight is 541 g/mol. The van der Waals surface area contributed by atoms with Crippen LogP contribution in [0.15, 0.2) is 27.5 Å². The lowest BCUT2D eigenvalue weighted by atomic mass is 10.1. The maximum Gasteiger partial charge on any atom is 0.229 e. The Labute approximate surface area is 175 Å². The quantitative estimate of drug-likeness (QED) is 0.343. The Bertz CT molecular complexity index is 1100. The van der Waals surface area contributed by atoms with Gasteiger partial charge in [0.1, 0.15) is 5.69 Å². The number of anilines is 1. The summed E-state index contributed by atoms with van der Waals surface area (Å²) in [5, 5.41) is 7.74. The normalized spacial score (nSPS) is 15.2. The van der Waals surface area contributed by atoms with Gasteiger partial charge in [-0.3, -0.25) is 0 Å². The van der Waals surface area contributed by atoms with Crippen LogP contribution >= 0.6 is 49.9 Å². The third kappa shape index (κ3) is 2.80. The van der Waals surface area contributed by atoms with Crippen molar-refractivity contribution in [1.82, 2.24) is 24.6 Å². The molecule has 0 spiro atoms. The second kappa shape index (κ2) is 6.68. The highest BCUT2D eigenvalue weighted by molar-refractivity contribution is 14.1. The van der Waals surface area contributed by atoms with E-state index in [0.717, 1.165) is 49.3 Å². The van der Waals surface area contributed by atoms with Crippen molar-refractivity contribution in [3.05, 3.63) is 31.1 Å². The van der Waals surface area contributed by atoms with E-state index in [9.17, 15) is 0 Å². The molecule has 0 amide bonds. The summed E-state index contributed by atoms with van der Waals surface area (Å²) in [5.41, 5.74) is 4.42. The van der Waals surface area contributed by atoms with Crippen LogP contribution in [0.4, 0.5) is 5.95 Å². The lowest BCUT2D eigenvalue weighted by molar-refractivity contribution is 0.563. The van der Waals surface area contributed by atoms with Crippen LogP contribution in [0.1, 0.15) is 19.3 Å². The highest BCUT2D eigenvalue weighted by atomic mass is 127. The van der Waals surface area contributed by atoms with Crippen molar-refractivity contribution >= 4 is 72.4 Å². The SMILES string of the molecule is Brc1cc(I)c2nc(N3CCCCC3)n3nc(-c4cscn4)nc3c2c1. The molecule has 4 heterocycles. The zero-order chi connectivity index (χ0) is 17.7. The molecule has 1 aliphatic rings. The van der Waals surface area contributed by atoms with E-state index in [0.29, 0.717) is 5.82 Å². The number of fused-ring (bicyclic) bond motifs is 3. The molecule has 6 nitrogen and oxygen atoms in total. The molecule has 0 N–H and O–H groups in total. The molecule has 4 aromatic rings. The van der Waals surface area contributed by atoms with Gasteiger partial charge < -0.3 is 4.90 Å². The minimum atomic E-state index is 0.647. The van der Waals surface area contributed by atoms with Crippen molar-refractivity contribution in [2.75, 3.05) is 18.0 Å². The Morgan fingerprint density at radius 3 is 2.73 bits per heavy atom. The van der Waals surface area contributed by atoms with Gasteiger partial charge in [0.15, 0.2) is 5.65 Å². The maximum atomic E-state index is 5.00. The smallest absolute Gasteiger partial charge is 0.229 e. The topological polar surface area (TPSA) is 59.2 Å². The lowest BCUT2D eigenvalue weighted by Gasteiger charge is -2.27. The highest BCUT2D eigenvalue weighted by Crippen LogP contribution is 2.31. The highest BCUT2D eigenvalue weighted by Gasteiger charge is 2.22. The molecule has 0 atom stereocenters. The largest absolute Gasteiger partial charge is 0.341 e. The van der Waals surface area contributed by atoms with E-state index in [1.165, 1.54) is 19.3 Å². The molecular weight excluding hydrogens is 527 g/mol. The van der Waals surface area contributed by atoms with E-state index in [1.54, 1.807) is 11.3 Å². The van der Waals surface area contributed by atoms with E-state index in [2.05, 4.69) is 60.5 Å². The van der Waals surface area contributed by atoms with Crippen molar-refractivity contribution in [2.45, 2.75) is 19.3 Å². The minimum absolute atomic E-state index is 0.647. The number of hydrogen-bond acceptors (Lipinski definition) is 6. The van der Waals surface area contributed by atoms with Gasteiger partial charge in [-0.25, -0.2) is 15.0 Å². The predicted octanol–water partition coefficient (Wildman–Crippen LogP) is 4.76. The average Bonchev–Trinajstić information content (AvgIpc) is 3.31. The van der Waals surface area contributed by atoms with E-state index in [-0.39, 0.29) is 0 Å².